The minimum atomic E-state index is -0.250. The van der Waals surface area contributed by atoms with Crippen LogP contribution < -0.4 is 16.0 Å². The van der Waals surface area contributed by atoms with Crippen LogP contribution in [0.5, 0.6) is 0 Å². The number of fused-ring (bicyclic) bond motifs is 1. The number of rotatable bonds is 2. The van der Waals surface area contributed by atoms with E-state index in [4.69, 9.17) is 12.2 Å². The topological polar surface area (TPSA) is 36.1 Å². The summed E-state index contributed by atoms with van der Waals surface area (Å²) in [5.74, 6) is -0.280. The Hall–Kier alpha value is -2.31. The maximum atomic E-state index is 13.3. The van der Waals surface area contributed by atoms with Gasteiger partial charge in [-0.15, -0.1) is 0 Å². The molecule has 0 spiro atoms. The summed E-state index contributed by atoms with van der Waals surface area (Å²) in [4.78, 5) is 0. The lowest BCUT2D eigenvalue weighted by molar-refractivity contribution is 0.275. The van der Waals surface area contributed by atoms with Crippen molar-refractivity contribution in [2.24, 2.45) is 5.92 Å². The van der Waals surface area contributed by atoms with Gasteiger partial charge in [-0.1, -0.05) is 30.3 Å². The molecule has 0 radical (unpaired) electrons. The molecule has 134 valence electrons. The van der Waals surface area contributed by atoms with E-state index in [1.165, 1.54) is 29.8 Å². The Labute approximate surface area is 156 Å². The molecule has 6 heteroatoms. The standard InChI is InChI=1S/C20H19F2N3S/c21-15-5-1-12(2-6-15)9-14-10-23-11-17-18(24-20(26)25-19(14)17)13-3-7-16(22)8-4-13/h1-9,17-19,23H,10-11H2,(H2,24,25,26)/b14-9+. The van der Waals surface area contributed by atoms with Crippen LogP contribution in [-0.2, 0) is 0 Å². The predicted molar refractivity (Wildman–Crippen MR) is 103 cm³/mol. The van der Waals surface area contributed by atoms with E-state index >= 15 is 0 Å². The summed E-state index contributed by atoms with van der Waals surface area (Å²) in [6.07, 6.45) is 2.08. The number of nitrogens with one attached hydrogen (secondary N) is 3. The van der Waals surface area contributed by atoms with Crippen molar-refractivity contribution in [2.75, 3.05) is 13.1 Å². The molecule has 0 aromatic heterocycles. The molecular formula is C20H19F2N3S. The van der Waals surface area contributed by atoms with Gasteiger partial charge in [-0.3, -0.25) is 0 Å². The number of piperidine rings is 1. The lowest BCUT2D eigenvalue weighted by Gasteiger charge is -2.45. The molecule has 0 bridgehead atoms. The average Bonchev–Trinajstić information content (AvgIpc) is 2.64. The molecule has 2 fully saturated rings. The number of hydrogen-bond donors (Lipinski definition) is 3. The molecule has 2 aromatic carbocycles. The maximum absolute atomic E-state index is 13.3. The van der Waals surface area contributed by atoms with Gasteiger partial charge in [0.05, 0.1) is 12.1 Å². The zero-order valence-corrected chi connectivity index (χ0v) is 14.8. The van der Waals surface area contributed by atoms with Crippen LogP contribution in [0.2, 0.25) is 0 Å². The molecule has 3 N–H and O–H groups in total. The van der Waals surface area contributed by atoms with E-state index in [2.05, 4.69) is 22.0 Å². The Morgan fingerprint density at radius 1 is 0.885 bits per heavy atom. The van der Waals surface area contributed by atoms with Crippen LogP contribution in [0.25, 0.3) is 6.08 Å². The Kier molecular flexibility index (Phi) is 4.70. The van der Waals surface area contributed by atoms with Crippen molar-refractivity contribution in [3.8, 4) is 0 Å². The quantitative estimate of drug-likeness (QED) is 0.709. The van der Waals surface area contributed by atoms with Gasteiger partial charge in [0.1, 0.15) is 11.6 Å². The zero-order valence-electron chi connectivity index (χ0n) is 14.0. The van der Waals surface area contributed by atoms with Crippen molar-refractivity contribution in [3.05, 3.63) is 76.9 Å². The largest absolute Gasteiger partial charge is 0.356 e. The molecule has 2 saturated heterocycles. The van der Waals surface area contributed by atoms with Crippen LogP contribution >= 0.6 is 12.2 Å². The minimum Gasteiger partial charge on any atom is -0.356 e. The predicted octanol–water partition coefficient (Wildman–Crippen LogP) is 3.16. The molecule has 2 heterocycles. The number of thiocarbonyl (C=S) groups is 1. The Balaban J connectivity index is 1.65. The van der Waals surface area contributed by atoms with Gasteiger partial charge in [-0.2, -0.15) is 0 Å². The first kappa shape index (κ1) is 17.1. The van der Waals surface area contributed by atoms with Crippen molar-refractivity contribution in [1.29, 1.82) is 0 Å². The fourth-order valence-electron chi connectivity index (χ4n) is 3.74. The van der Waals surface area contributed by atoms with Crippen LogP contribution in [0.4, 0.5) is 8.78 Å². The summed E-state index contributed by atoms with van der Waals surface area (Å²) < 4.78 is 26.4. The van der Waals surface area contributed by atoms with Crippen molar-refractivity contribution in [3.63, 3.8) is 0 Å². The molecule has 0 amide bonds. The Morgan fingerprint density at radius 2 is 1.50 bits per heavy atom. The van der Waals surface area contributed by atoms with Gasteiger partial charge < -0.3 is 16.0 Å². The van der Waals surface area contributed by atoms with Crippen molar-refractivity contribution in [2.45, 2.75) is 12.1 Å². The van der Waals surface area contributed by atoms with Crippen LogP contribution in [-0.4, -0.2) is 24.2 Å². The van der Waals surface area contributed by atoms with Crippen molar-refractivity contribution >= 4 is 23.4 Å². The van der Waals surface area contributed by atoms with Crippen LogP contribution in [0.1, 0.15) is 17.2 Å². The first-order chi connectivity index (χ1) is 12.6. The summed E-state index contributed by atoms with van der Waals surface area (Å²) in [6.45, 7) is 1.56. The third-order valence-corrected chi connectivity index (χ3v) is 5.23. The summed E-state index contributed by atoms with van der Waals surface area (Å²) >= 11 is 5.42. The normalized spacial score (nSPS) is 26.8. The maximum Gasteiger partial charge on any atom is 0.167 e. The van der Waals surface area contributed by atoms with Gasteiger partial charge in [0.25, 0.3) is 0 Å². The lowest BCUT2D eigenvalue weighted by atomic mass is 9.79. The van der Waals surface area contributed by atoms with Crippen molar-refractivity contribution in [1.82, 2.24) is 16.0 Å². The molecule has 3 atom stereocenters. The molecule has 0 saturated carbocycles. The molecule has 2 aromatic rings. The molecule has 2 aliphatic heterocycles. The summed E-state index contributed by atoms with van der Waals surface area (Å²) in [5, 5.41) is 10.7. The fourth-order valence-corrected chi connectivity index (χ4v) is 4.00. The van der Waals surface area contributed by atoms with E-state index in [9.17, 15) is 8.78 Å². The summed E-state index contributed by atoms with van der Waals surface area (Å²) in [5.41, 5.74) is 3.13. The van der Waals surface area contributed by atoms with E-state index in [0.717, 1.165) is 24.2 Å². The van der Waals surface area contributed by atoms with Gasteiger partial charge in [0.2, 0.25) is 0 Å². The first-order valence-corrected chi connectivity index (χ1v) is 9.00. The summed E-state index contributed by atoms with van der Waals surface area (Å²) in [6, 6.07) is 13.1. The van der Waals surface area contributed by atoms with E-state index in [0.29, 0.717) is 5.11 Å². The highest BCUT2D eigenvalue weighted by molar-refractivity contribution is 7.80. The minimum absolute atomic E-state index is 0.00114. The van der Waals surface area contributed by atoms with Gasteiger partial charge in [-0.05, 0) is 53.2 Å². The molecular weight excluding hydrogens is 352 g/mol. The fraction of sp³-hybridized carbons (Fsp3) is 0.250. The van der Waals surface area contributed by atoms with Crippen molar-refractivity contribution < 1.29 is 8.78 Å². The first-order valence-electron chi connectivity index (χ1n) is 8.59. The number of benzene rings is 2. The van der Waals surface area contributed by atoms with Crippen LogP contribution in [0, 0.1) is 17.6 Å². The third kappa shape index (κ3) is 3.48. The molecule has 3 nitrogen and oxygen atoms in total. The smallest absolute Gasteiger partial charge is 0.167 e. The average molecular weight is 371 g/mol. The Bertz CT molecular complexity index is 833. The van der Waals surface area contributed by atoms with Gasteiger partial charge in [-0.25, -0.2) is 8.78 Å². The molecule has 26 heavy (non-hydrogen) atoms. The highest BCUT2D eigenvalue weighted by Crippen LogP contribution is 2.33. The lowest BCUT2D eigenvalue weighted by Crippen LogP contribution is -2.62. The zero-order chi connectivity index (χ0) is 18.1. The van der Waals surface area contributed by atoms with Gasteiger partial charge in [0, 0.05) is 19.0 Å². The van der Waals surface area contributed by atoms with E-state index in [-0.39, 0.29) is 29.6 Å². The van der Waals surface area contributed by atoms with E-state index in [1.54, 1.807) is 24.3 Å². The van der Waals surface area contributed by atoms with Crippen LogP contribution in [0.3, 0.4) is 0 Å². The molecule has 4 rings (SSSR count). The highest BCUT2D eigenvalue weighted by Gasteiger charge is 2.39. The van der Waals surface area contributed by atoms with Gasteiger partial charge >= 0.3 is 0 Å². The second-order valence-electron chi connectivity index (χ2n) is 6.69. The van der Waals surface area contributed by atoms with Gasteiger partial charge in [0.15, 0.2) is 5.11 Å². The summed E-state index contributed by atoms with van der Waals surface area (Å²) in [7, 11) is 0. The number of hydrogen-bond acceptors (Lipinski definition) is 2. The van der Waals surface area contributed by atoms with Crippen LogP contribution in [0.15, 0.2) is 54.1 Å². The monoisotopic (exact) mass is 371 g/mol. The highest BCUT2D eigenvalue weighted by atomic mass is 32.1. The van der Waals surface area contributed by atoms with E-state index < -0.39 is 0 Å². The van der Waals surface area contributed by atoms with E-state index in [1.807, 2.05) is 0 Å². The number of halogens is 2. The second kappa shape index (κ2) is 7.13. The molecule has 3 unspecified atom stereocenters. The SMILES string of the molecule is Fc1ccc(/C=C2\CNCC3C2NC(=S)NC3c2ccc(F)cc2)cc1. The molecule has 2 aliphatic rings. The Morgan fingerprint density at radius 3 is 2.19 bits per heavy atom. The third-order valence-electron chi connectivity index (χ3n) is 4.99. The second-order valence-corrected chi connectivity index (χ2v) is 7.10. The molecule has 0 aliphatic carbocycles.